The van der Waals surface area contributed by atoms with Gasteiger partial charge in [0.05, 0.1) is 6.54 Å². The first-order valence-electron chi connectivity index (χ1n) is 5.03. The lowest BCUT2D eigenvalue weighted by Gasteiger charge is -2.21. The van der Waals surface area contributed by atoms with Crippen molar-refractivity contribution in [3.63, 3.8) is 0 Å². The summed E-state index contributed by atoms with van der Waals surface area (Å²) in [4.78, 5) is 1.53. The van der Waals surface area contributed by atoms with Crippen molar-refractivity contribution >= 4 is 27.5 Å². The molecule has 0 saturated heterocycles. The number of hydrogen-bond donors (Lipinski definition) is 0. The zero-order chi connectivity index (χ0) is 12.8. The van der Waals surface area contributed by atoms with Crippen LogP contribution in [0.1, 0.15) is 5.56 Å². The highest BCUT2D eigenvalue weighted by Gasteiger charge is 2.13. The molecule has 0 aliphatic heterocycles. The Hall–Kier alpha value is -0.260. The Kier molecular flexibility index (Phi) is 6.30. The van der Waals surface area contributed by atoms with Crippen molar-refractivity contribution < 1.29 is 13.2 Å². The van der Waals surface area contributed by atoms with Crippen molar-refractivity contribution in [2.75, 3.05) is 18.4 Å². The van der Waals surface area contributed by atoms with Gasteiger partial charge in [0, 0.05) is 23.4 Å². The second kappa shape index (κ2) is 7.24. The Morgan fingerprint density at radius 3 is 2.65 bits per heavy atom. The van der Waals surface area contributed by atoms with Gasteiger partial charge in [0.25, 0.3) is 6.43 Å². The van der Waals surface area contributed by atoms with Crippen LogP contribution in [-0.2, 0) is 6.54 Å². The molecule has 1 aromatic rings. The Morgan fingerprint density at radius 2 is 2.06 bits per heavy atom. The molecule has 0 aliphatic rings. The standard InChI is InChI=1S/C11H12BrClF3N/c12-3-4-17(7-11(15)16)6-8-5-9(14)1-2-10(8)13/h1-2,5,11H,3-4,6-7H2. The highest BCUT2D eigenvalue weighted by atomic mass is 79.9. The van der Waals surface area contributed by atoms with E-state index in [0.29, 0.717) is 22.5 Å². The van der Waals surface area contributed by atoms with E-state index in [4.69, 9.17) is 11.6 Å². The average Bonchev–Trinajstić information content (AvgIpc) is 2.23. The van der Waals surface area contributed by atoms with Crippen LogP contribution in [0.2, 0.25) is 5.02 Å². The summed E-state index contributed by atoms with van der Waals surface area (Å²) in [5, 5.41) is 0.965. The Balaban J connectivity index is 2.74. The lowest BCUT2D eigenvalue weighted by atomic mass is 10.2. The minimum Gasteiger partial charge on any atom is -0.293 e. The maximum absolute atomic E-state index is 13.0. The van der Waals surface area contributed by atoms with E-state index in [1.807, 2.05) is 0 Å². The van der Waals surface area contributed by atoms with Crippen LogP contribution in [0.25, 0.3) is 0 Å². The van der Waals surface area contributed by atoms with Crippen LogP contribution in [0.3, 0.4) is 0 Å². The molecule has 6 heteroatoms. The van der Waals surface area contributed by atoms with E-state index in [9.17, 15) is 13.2 Å². The van der Waals surface area contributed by atoms with Crippen molar-refractivity contribution in [1.29, 1.82) is 0 Å². The number of benzene rings is 1. The van der Waals surface area contributed by atoms with E-state index < -0.39 is 12.2 Å². The first-order valence-corrected chi connectivity index (χ1v) is 6.53. The Bertz CT molecular complexity index is 363. The minimum atomic E-state index is -2.42. The summed E-state index contributed by atoms with van der Waals surface area (Å²) < 4.78 is 37.7. The smallest absolute Gasteiger partial charge is 0.251 e. The second-order valence-electron chi connectivity index (χ2n) is 3.55. The van der Waals surface area contributed by atoms with Gasteiger partial charge in [0.2, 0.25) is 0 Å². The monoisotopic (exact) mass is 329 g/mol. The third-order valence-corrected chi connectivity index (χ3v) is 2.92. The molecule has 1 nitrogen and oxygen atoms in total. The van der Waals surface area contributed by atoms with Crippen LogP contribution >= 0.6 is 27.5 Å². The zero-order valence-electron chi connectivity index (χ0n) is 8.97. The van der Waals surface area contributed by atoms with Gasteiger partial charge in [0.15, 0.2) is 0 Å². The van der Waals surface area contributed by atoms with Crippen LogP contribution < -0.4 is 0 Å². The average molecular weight is 331 g/mol. The highest BCUT2D eigenvalue weighted by Crippen LogP contribution is 2.19. The maximum Gasteiger partial charge on any atom is 0.251 e. The van der Waals surface area contributed by atoms with Crippen LogP contribution in [-0.4, -0.2) is 29.7 Å². The van der Waals surface area contributed by atoms with Gasteiger partial charge in [-0.1, -0.05) is 27.5 Å². The third kappa shape index (κ3) is 5.27. The quantitative estimate of drug-likeness (QED) is 0.714. The van der Waals surface area contributed by atoms with E-state index in [0.717, 1.165) is 0 Å². The Labute approximate surface area is 112 Å². The van der Waals surface area contributed by atoms with E-state index in [2.05, 4.69) is 15.9 Å². The summed E-state index contributed by atoms with van der Waals surface area (Å²) in [5.41, 5.74) is 0.522. The zero-order valence-corrected chi connectivity index (χ0v) is 11.3. The number of alkyl halides is 3. The molecule has 0 radical (unpaired) electrons. The van der Waals surface area contributed by atoms with E-state index in [1.54, 1.807) is 0 Å². The van der Waals surface area contributed by atoms with Crippen LogP contribution in [0.5, 0.6) is 0 Å². The lowest BCUT2D eigenvalue weighted by molar-refractivity contribution is 0.0881. The highest BCUT2D eigenvalue weighted by molar-refractivity contribution is 9.09. The fourth-order valence-corrected chi connectivity index (χ4v) is 2.13. The van der Waals surface area contributed by atoms with Gasteiger partial charge in [-0.3, -0.25) is 4.90 Å². The lowest BCUT2D eigenvalue weighted by Crippen LogP contribution is -2.30. The number of hydrogen-bond acceptors (Lipinski definition) is 1. The number of rotatable bonds is 6. The fraction of sp³-hybridized carbons (Fsp3) is 0.455. The van der Waals surface area contributed by atoms with Crippen molar-refractivity contribution in [2.24, 2.45) is 0 Å². The molecule has 0 N–H and O–H groups in total. The first-order chi connectivity index (χ1) is 8.02. The largest absolute Gasteiger partial charge is 0.293 e. The molecule has 0 spiro atoms. The number of halogens is 5. The third-order valence-electron chi connectivity index (χ3n) is 2.20. The van der Waals surface area contributed by atoms with Crippen molar-refractivity contribution in [3.8, 4) is 0 Å². The molecule has 0 aliphatic carbocycles. The van der Waals surface area contributed by atoms with Gasteiger partial charge in [-0.15, -0.1) is 0 Å². The topological polar surface area (TPSA) is 3.24 Å². The van der Waals surface area contributed by atoms with Gasteiger partial charge in [-0.05, 0) is 23.8 Å². The van der Waals surface area contributed by atoms with E-state index in [1.165, 1.54) is 23.1 Å². The molecule has 0 amide bonds. The summed E-state index contributed by atoms with van der Waals surface area (Å²) in [6, 6.07) is 3.95. The summed E-state index contributed by atoms with van der Waals surface area (Å²) >= 11 is 9.08. The molecule has 0 aromatic heterocycles. The number of nitrogens with zero attached hydrogens (tertiary/aromatic N) is 1. The normalized spacial score (nSPS) is 11.5. The summed E-state index contributed by atoms with van der Waals surface area (Å²) in [6.45, 7) is 0.322. The summed E-state index contributed by atoms with van der Waals surface area (Å²) in [6.07, 6.45) is -2.42. The maximum atomic E-state index is 13.0. The summed E-state index contributed by atoms with van der Waals surface area (Å²) in [5.74, 6) is -0.416. The fourth-order valence-electron chi connectivity index (χ4n) is 1.45. The molecule has 0 fully saturated rings. The molecule has 1 aromatic carbocycles. The second-order valence-corrected chi connectivity index (χ2v) is 4.75. The van der Waals surface area contributed by atoms with Gasteiger partial charge < -0.3 is 0 Å². The van der Waals surface area contributed by atoms with Gasteiger partial charge in [-0.2, -0.15) is 0 Å². The Morgan fingerprint density at radius 1 is 1.35 bits per heavy atom. The van der Waals surface area contributed by atoms with Crippen LogP contribution in [0, 0.1) is 5.82 Å². The van der Waals surface area contributed by atoms with E-state index in [-0.39, 0.29) is 13.1 Å². The van der Waals surface area contributed by atoms with Crippen LogP contribution in [0.15, 0.2) is 18.2 Å². The van der Waals surface area contributed by atoms with Crippen molar-refractivity contribution in [3.05, 3.63) is 34.6 Å². The van der Waals surface area contributed by atoms with Gasteiger partial charge in [-0.25, -0.2) is 13.2 Å². The first kappa shape index (κ1) is 14.8. The minimum absolute atomic E-state index is 0.215. The SMILES string of the molecule is Fc1ccc(Cl)c(CN(CCBr)CC(F)F)c1. The molecule has 0 heterocycles. The molecule has 0 bridgehead atoms. The predicted octanol–water partition coefficient (Wildman–Crippen LogP) is 3.94. The predicted molar refractivity (Wildman–Crippen MR) is 66.5 cm³/mol. The molecular formula is C11H12BrClF3N. The molecule has 0 unspecified atom stereocenters. The van der Waals surface area contributed by atoms with Crippen molar-refractivity contribution in [2.45, 2.75) is 13.0 Å². The van der Waals surface area contributed by atoms with Crippen LogP contribution in [0.4, 0.5) is 13.2 Å². The molecule has 0 atom stereocenters. The molecular weight excluding hydrogens is 318 g/mol. The molecule has 96 valence electrons. The molecule has 1 rings (SSSR count). The van der Waals surface area contributed by atoms with Gasteiger partial charge in [0.1, 0.15) is 5.82 Å². The molecule has 0 saturated carbocycles. The molecule has 17 heavy (non-hydrogen) atoms. The van der Waals surface area contributed by atoms with Gasteiger partial charge >= 0.3 is 0 Å². The summed E-state index contributed by atoms with van der Waals surface area (Å²) in [7, 11) is 0. The van der Waals surface area contributed by atoms with E-state index >= 15 is 0 Å². The van der Waals surface area contributed by atoms with Crippen molar-refractivity contribution in [1.82, 2.24) is 4.90 Å².